The molecule has 1 aromatic carbocycles. The third kappa shape index (κ3) is 2.92. The zero-order valence-corrected chi connectivity index (χ0v) is 15.7. The Bertz CT molecular complexity index is 985. The number of methoxy groups -OCH3 is 1. The van der Waals surface area contributed by atoms with Crippen molar-refractivity contribution in [1.29, 1.82) is 0 Å². The van der Waals surface area contributed by atoms with Gasteiger partial charge in [0.2, 0.25) is 0 Å². The summed E-state index contributed by atoms with van der Waals surface area (Å²) < 4.78 is 9.11. The molecule has 0 aliphatic heterocycles. The number of rotatable bonds is 2. The van der Waals surface area contributed by atoms with Gasteiger partial charge >= 0.3 is 0 Å². The van der Waals surface area contributed by atoms with Crippen LogP contribution in [0.3, 0.4) is 0 Å². The number of nitrogens with zero attached hydrogens (tertiary/aromatic N) is 2. The molecule has 0 radical (unpaired) electrons. The third-order valence-electron chi connectivity index (χ3n) is 3.41. The molecule has 0 saturated carbocycles. The zero-order chi connectivity index (χ0) is 16.7. The van der Waals surface area contributed by atoms with E-state index in [1.54, 1.807) is 13.2 Å². The highest BCUT2D eigenvalue weighted by atomic mass is 35.5. The maximum absolute atomic E-state index is 12.4. The highest BCUT2D eigenvalue weighted by molar-refractivity contribution is 7.20. The van der Waals surface area contributed by atoms with Gasteiger partial charge in [-0.3, -0.25) is 4.79 Å². The van der Waals surface area contributed by atoms with Crippen molar-refractivity contribution in [2.45, 2.75) is 6.92 Å². The molecule has 0 aliphatic rings. The lowest BCUT2D eigenvalue weighted by Gasteiger charge is -2.05. The molecule has 1 amide bonds. The van der Waals surface area contributed by atoms with Crippen LogP contribution in [-0.4, -0.2) is 17.6 Å². The molecule has 2 aromatic heterocycles. The number of aryl methyl sites for hydroxylation is 2. The molecule has 4 nitrogen and oxygen atoms in total. The number of benzene rings is 1. The molecule has 8 heteroatoms. The highest BCUT2D eigenvalue weighted by Gasteiger charge is 2.16. The molecule has 0 unspecified atom stereocenters. The minimum absolute atomic E-state index is 0.322. The van der Waals surface area contributed by atoms with Crippen LogP contribution in [-0.2, 0) is 7.05 Å². The summed E-state index contributed by atoms with van der Waals surface area (Å²) in [6.45, 7) is 2.01. The minimum Gasteiger partial charge on any atom is -0.495 e. The lowest BCUT2D eigenvalue weighted by Crippen LogP contribution is -2.13. The lowest BCUT2D eigenvalue weighted by atomic mass is 10.2. The number of halogens is 2. The quantitative estimate of drug-likeness (QED) is 0.642. The number of fused-ring (bicyclic) bond motifs is 1. The fourth-order valence-corrected chi connectivity index (χ4v) is 4.80. The molecular weight excluding hydrogens is 375 g/mol. The molecule has 0 atom stereocenters. The minimum atomic E-state index is -0.406. The first-order valence-electron chi connectivity index (χ1n) is 6.59. The Hall–Kier alpha value is -1.34. The van der Waals surface area contributed by atoms with E-state index in [0.717, 1.165) is 32.9 Å². The number of carbonyl (C=O) groups is 1. The molecule has 0 saturated heterocycles. The number of thiophene rings is 1. The van der Waals surface area contributed by atoms with Crippen LogP contribution in [0.2, 0.25) is 8.67 Å². The zero-order valence-electron chi connectivity index (χ0n) is 12.5. The molecule has 0 spiro atoms. The van der Waals surface area contributed by atoms with Gasteiger partial charge in [-0.2, -0.15) is 4.99 Å². The Morgan fingerprint density at radius 2 is 2.04 bits per heavy atom. The van der Waals surface area contributed by atoms with E-state index in [4.69, 9.17) is 27.9 Å². The van der Waals surface area contributed by atoms with Gasteiger partial charge in [-0.25, -0.2) is 0 Å². The number of ether oxygens (including phenoxy) is 1. The first-order valence-corrected chi connectivity index (χ1v) is 8.98. The fourth-order valence-electron chi connectivity index (χ4n) is 2.25. The summed E-state index contributed by atoms with van der Waals surface area (Å²) in [7, 11) is 3.48. The van der Waals surface area contributed by atoms with Crippen LogP contribution in [0.4, 0.5) is 0 Å². The summed E-state index contributed by atoms with van der Waals surface area (Å²) in [6.07, 6.45) is 0. The van der Waals surface area contributed by atoms with Gasteiger partial charge in [0.15, 0.2) is 4.80 Å². The molecule has 0 N–H and O–H groups in total. The Balaban J connectivity index is 2.20. The van der Waals surface area contributed by atoms with Crippen LogP contribution in [0.25, 0.3) is 10.2 Å². The second-order valence-corrected chi connectivity index (χ2v) is 8.12. The molecule has 0 fully saturated rings. The maximum Gasteiger partial charge on any atom is 0.282 e. The van der Waals surface area contributed by atoms with Crippen LogP contribution in [0, 0.1) is 6.92 Å². The topological polar surface area (TPSA) is 43.6 Å². The monoisotopic (exact) mass is 386 g/mol. The summed E-state index contributed by atoms with van der Waals surface area (Å²) in [5.41, 5.74) is 2.34. The van der Waals surface area contributed by atoms with E-state index in [0.29, 0.717) is 19.0 Å². The van der Waals surface area contributed by atoms with Gasteiger partial charge in [-0.1, -0.05) is 40.6 Å². The van der Waals surface area contributed by atoms with Crippen LogP contribution >= 0.6 is 45.9 Å². The van der Waals surface area contributed by atoms with Crippen LogP contribution in [0.1, 0.15) is 15.9 Å². The molecule has 23 heavy (non-hydrogen) atoms. The first kappa shape index (κ1) is 16.5. The van der Waals surface area contributed by atoms with E-state index in [9.17, 15) is 4.79 Å². The molecule has 0 bridgehead atoms. The van der Waals surface area contributed by atoms with Crippen molar-refractivity contribution in [3.63, 3.8) is 0 Å². The van der Waals surface area contributed by atoms with Gasteiger partial charge in [0, 0.05) is 7.05 Å². The van der Waals surface area contributed by atoms with Crippen molar-refractivity contribution in [3.05, 3.63) is 42.8 Å². The first-order chi connectivity index (χ1) is 10.9. The van der Waals surface area contributed by atoms with E-state index in [2.05, 4.69) is 4.99 Å². The molecule has 2 heterocycles. The number of amides is 1. The molecule has 120 valence electrons. The summed E-state index contributed by atoms with van der Waals surface area (Å²) >= 11 is 14.5. The van der Waals surface area contributed by atoms with Crippen LogP contribution in [0.5, 0.6) is 5.75 Å². The van der Waals surface area contributed by atoms with Gasteiger partial charge in [0.1, 0.15) is 15.6 Å². The number of hydrogen-bond donors (Lipinski definition) is 0. The highest BCUT2D eigenvalue weighted by Crippen LogP contribution is 2.32. The number of hydrogen-bond acceptors (Lipinski definition) is 4. The van der Waals surface area contributed by atoms with Crippen molar-refractivity contribution < 1.29 is 9.53 Å². The molecule has 3 rings (SSSR count). The molecule has 0 aliphatic carbocycles. The van der Waals surface area contributed by atoms with Gasteiger partial charge in [0.05, 0.1) is 21.7 Å². The average molecular weight is 387 g/mol. The van der Waals surface area contributed by atoms with Crippen LogP contribution < -0.4 is 9.54 Å². The SMILES string of the molecule is COc1ccc(C)c2sc(=NC(=O)c3cc(Cl)sc3Cl)n(C)c12. The van der Waals surface area contributed by atoms with E-state index >= 15 is 0 Å². The van der Waals surface area contributed by atoms with Gasteiger partial charge in [-0.05, 0) is 24.6 Å². The van der Waals surface area contributed by atoms with Crippen molar-refractivity contribution in [2.75, 3.05) is 7.11 Å². The summed E-state index contributed by atoms with van der Waals surface area (Å²) in [5.74, 6) is 0.340. The van der Waals surface area contributed by atoms with E-state index < -0.39 is 5.91 Å². The van der Waals surface area contributed by atoms with E-state index in [-0.39, 0.29) is 0 Å². The van der Waals surface area contributed by atoms with Crippen molar-refractivity contribution in [1.82, 2.24) is 4.57 Å². The van der Waals surface area contributed by atoms with Gasteiger partial charge in [-0.15, -0.1) is 11.3 Å². The third-order valence-corrected chi connectivity index (χ3v) is 6.17. The number of aromatic nitrogens is 1. The van der Waals surface area contributed by atoms with Crippen molar-refractivity contribution in [3.8, 4) is 5.75 Å². The largest absolute Gasteiger partial charge is 0.495 e. The fraction of sp³-hybridized carbons (Fsp3) is 0.200. The Labute approximate surface area is 150 Å². The predicted octanol–water partition coefficient (Wildman–Crippen LogP) is 4.67. The summed E-state index contributed by atoms with van der Waals surface area (Å²) in [5, 5.41) is 0. The van der Waals surface area contributed by atoms with Crippen LogP contribution in [0.15, 0.2) is 23.2 Å². The second-order valence-electron chi connectivity index (χ2n) is 4.86. The second kappa shape index (κ2) is 6.28. The van der Waals surface area contributed by atoms with E-state index in [1.165, 1.54) is 11.3 Å². The molecular formula is C15H12Cl2N2O2S2. The average Bonchev–Trinajstić information content (AvgIpc) is 3.01. The summed E-state index contributed by atoms with van der Waals surface area (Å²) in [4.78, 5) is 17.2. The van der Waals surface area contributed by atoms with Crippen molar-refractivity contribution in [2.24, 2.45) is 12.0 Å². The predicted molar refractivity (Wildman–Crippen MR) is 96.3 cm³/mol. The van der Waals surface area contributed by atoms with E-state index in [1.807, 2.05) is 30.7 Å². The lowest BCUT2D eigenvalue weighted by molar-refractivity contribution is 0.0998. The Kier molecular flexibility index (Phi) is 4.51. The smallest absolute Gasteiger partial charge is 0.282 e. The van der Waals surface area contributed by atoms with Crippen molar-refractivity contribution >= 4 is 62.0 Å². The summed E-state index contributed by atoms with van der Waals surface area (Å²) in [6, 6.07) is 5.43. The van der Waals surface area contributed by atoms with Gasteiger partial charge in [0.25, 0.3) is 5.91 Å². The number of carbonyl (C=O) groups excluding carboxylic acids is 1. The Morgan fingerprint density at radius 3 is 2.65 bits per heavy atom. The Morgan fingerprint density at radius 1 is 1.30 bits per heavy atom. The standard InChI is InChI=1S/C15H12Cl2N2O2S2/c1-7-4-5-9(21-3)11-12(7)23-15(19(11)2)18-14(20)8-6-10(16)22-13(8)17/h4-6H,1-3H3. The maximum atomic E-state index is 12.4. The number of thiazole rings is 1. The molecule has 3 aromatic rings. The van der Waals surface area contributed by atoms with Gasteiger partial charge < -0.3 is 9.30 Å². The normalized spacial score (nSPS) is 12.1.